The number of para-hydroxylation sites is 1. The monoisotopic (exact) mass is 602 g/mol. The Kier molecular flexibility index (Phi) is 6.82. The quantitative estimate of drug-likeness (QED) is 0.223. The van der Waals surface area contributed by atoms with Gasteiger partial charge in [0.1, 0.15) is 17.4 Å². The number of carbonyl (C=O) groups is 1. The molecule has 1 saturated heterocycles. The van der Waals surface area contributed by atoms with Crippen LogP contribution in [-0.2, 0) is 18.9 Å². The van der Waals surface area contributed by atoms with E-state index in [1.807, 2.05) is 16.7 Å². The molecular formula is C32H28ClFN4O5. The third-order valence-electron chi connectivity index (χ3n) is 8.30. The van der Waals surface area contributed by atoms with E-state index >= 15 is 0 Å². The van der Waals surface area contributed by atoms with Crippen molar-refractivity contribution in [1.82, 2.24) is 19.4 Å². The van der Waals surface area contributed by atoms with Crippen molar-refractivity contribution in [3.63, 3.8) is 0 Å². The molecule has 7 rings (SSSR count). The van der Waals surface area contributed by atoms with E-state index in [2.05, 4.69) is 16.0 Å². The highest BCUT2D eigenvalue weighted by Gasteiger charge is 2.43. The van der Waals surface area contributed by atoms with Crippen molar-refractivity contribution in [3.8, 4) is 11.5 Å². The van der Waals surface area contributed by atoms with Crippen LogP contribution in [0.15, 0.2) is 71.6 Å². The Hall–Kier alpha value is -4.41. The van der Waals surface area contributed by atoms with Crippen LogP contribution in [0.1, 0.15) is 58.8 Å². The van der Waals surface area contributed by atoms with E-state index < -0.39 is 17.6 Å². The summed E-state index contributed by atoms with van der Waals surface area (Å²) in [4.78, 5) is 22.9. The number of halogens is 2. The lowest BCUT2D eigenvalue weighted by atomic mass is 9.88. The average molecular weight is 603 g/mol. The number of imidazole rings is 1. The number of oxazole rings is 1. The maximum absolute atomic E-state index is 14.8. The van der Waals surface area contributed by atoms with Crippen LogP contribution in [-0.4, -0.2) is 43.6 Å². The molecule has 2 aromatic heterocycles. The Bertz CT molecular complexity index is 1830. The average Bonchev–Trinajstić information content (AvgIpc) is 3.71. The number of benzene rings is 3. The summed E-state index contributed by atoms with van der Waals surface area (Å²) in [7, 11) is 0. The highest BCUT2D eigenvalue weighted by Crippen LogP contribution is 2.49. The predicted octanol–water partition coefficient (Wildman–Crippen LogP) is 6.59. The third kappa shape index (κ3) is 5.10. The number of aromatic carboxylic acids is 1. The lowest BCUT2D eigenvalue weighted by Crippen LogP contribution is -2.34. The number of carboxylic acid groups (broad SMARTS) is 1. The Balaban J connectivity index is 1.09. The Labute approximate surface area is 251 Å². The van der Waals surface area contributed by atoms with Crippen LogP contribution in [0.5, 0.6) is 11.5 Å². The first-order valence-corrected chi connectivity index (χ1v) is 14.4. The van der Waals surface area contributed by atoms with E-state index in [9.17, 15) is 14.3 Å². The molecule has 0 aliphatic carbocycles. The maximum atomic E-state index is 14.8. The van der Waals surface area contributed by atoms with Gasteiger partial charge in [-0.3, -0.25) is 4.90 Å². The van der Waals surface area contributed by atoms with Gasteiger partial charge >= 0.3 is 5.97 Å². The van der Waals surface area contributed by atoms with E-state index in [4.69, 9.17) is 30.5 Å². The van der Waals surface area contributed by atoms with Gasteiger partial charge < -0.3 is 23.6 Å². The molecule has 3 aromatic carbocycles. The van der Waals surface area contributed by atoms with Gasteiger partial charge in [0.2, 0.25) is 0 Å². The second-order valence-corrected chi connectivity index (χ2v) is 11.5. The van der Waals surface area contributed by atoms with Gasteiger partial charge in [0.25, 0.3) is 5.79 Å². The summed E-state index contributed by atoms with van der Waals surface area (Å²) in [5, 5.41) is 9.85. The highest BCUT2D eigenvalue weighted by molar-refractivity contribution is 6.30. The minimum atomic E-state index is -1.29. The Morgan fingerprint density at radius 1 is 1.12 bits per heavy atom. The van der Waals surface area contributed by atoms with Gasteiger partial charge in [0, 0.05) is 17.5 Å². The molecule has 2 aliphatic heterocycles. The molecule has 1 fully saturated rings. The second kappa shape index (κ2) is 10.7. The third-order valence-corrected chi connectivity index (χ3v) is 8.53. The fraction of sp³-hybridized carbons (Fsp3) is 0.281. The van der Waals surface area contributed by atoms with Crippen molar-refractivity contribution in [2.24, 2.45) is 0 Å². The van der Waals surface area contributed by atoms with Crippen molar-refractivity contribution in [2.45, 2.75) is 44.6 Å². The summed E-state index contributed by atoms with van der Waals surface area (Å²) >= 11 is 5.97. The van der Waals surface area contributed by atoms with E-state index in [1.165, 1.54) is 12.5 Å². The Morgan fingerprint density at radius 2 is 1.95 bits per heavy atom. The van der Waals surface area contributed by atoms with E-state index in [0.717, 1.165) is 48.4 Å². The molecule has 0 amide bonds. The maximum Gasteiger partial charge on any atom is 0.335 e. The molecule has 0 saturated carbocycles. The SMILES string of the molecule is CC1(c2ccc(Cl)cc2F)Oc2cccc(C3CCN(Cc4nc5ccc(C(=O)O)cc5n4Cc4cnco4)CC3)c2O1. The van der Waals surface area contributed by atoms with E-state index in [1.54, 1.807) is 43.5 Å². The lowest BCUT2D eigenvalue weighted by Gasteiger charge is -2.32. The lowest BCUT2D eigenvalue weighted by molar-refractivity contribution is -0.0712. The van der Waals surface area contributed by atoms with Gasteiger partial charge in [0.15, 0.2) is 17.9 Å². The first-order valence-electron chi connectivity index (χ1n) is 14.1. The largest absolute Gasteiger partial charge is 0.478 e. The first-order chi connectivity index (χ1) is 20.8. The van der Waals surface area contributed by atoms with Gasteiger partial charge in [-0.05, 0) is 74.3 Å². The smallest absolute Gasteiger partial charge is 0.335 e. The van der Waals surface area contributed by atoms with E-state index in [0.29, 0.717) is 35.4 Å². The summed E-state index contributed by atoms with van der Waals surface area (Å²) in [6.07, 6.45) is 4.80. The van der Waals surface area contributed by atoms with Gasteiger partial charge in [-0.15, -0.1) is 0 Å². The van der Waals surface area contributed by atoms with Gasteiger partial charge in [-0.25, -0.2) is 19.2 Å². The van der Waals surface area contributed by atoms with Gasteiger partial charge in [0.05, 0.1) is 41.4 Å². The molecule has 2 aliphatic rings. The molecule has 11 heteroatoms. The topological polar surface area (TPSA) is 103 Å². The molecule has 4 heterocycles. The van der Waals surface area contributed by atoms with Crippen LogP contribution in [0.3, 0.4) is 0 Å². The highest BCUT2D eigenvalue weighted by atomic mass is 35.5. The van der Waals surface area contributed by atoms with E-state index in [-0.39, 0.29) is 17.0 Å². The summed E-state index contributed by atoms with van der Waals surface area (Å²) in [5.74, 6) is 0.204. The number of piperidine rings is 1. The van der Waals surface area contributed by atoms with Gasteiger partial charge in [-0.2, -0.15) is 0 Å². The van der Waals surface area contributed by atoms with Crippen LogP contribution < -0.4 is 9.47 Å². The van der Waals surface area contributed by atoms with Crippen LogP contribution in [0.2, 0.25) is 5.02 Å². The molecule has 5 aromatic rings. The molecule has 1 unspecified atom stereocenters. The van der Waals surface area contributed by atoms with Crippen LogP contribution >= 0.6 is 11.6 Å². The predicted molar refractivity (Wildman–Crippen MR) is 156 cm³/mol. The summed E-state index contributed by atoms with van der Waals surface area (Å²) < 4.78 is 34.8. The molecule has 220 valence electrons. The van der Waals surface area contributed by atoms with Crippen molar-refractivity contribution < 1.29 is 28.2 Å². The Morgan fingerprint density at radius 3 is 2.70 bits per heavy atom. The zero-order valence-electron chi connectivity index (χ0n) is 23.3. The summed E-state index contributed by atoms with van der Waals surface area (Å²) in [6, 6.07) is 15.3. The molecule has 1 N–H and O–H groups in total. The molecule has 0 bridgehead atoms. The number of rotatable bonds is 7. The number of likely N-dealkylation sites (tertiary alicyclic amines) is 1. The van der Waals surface area contributed by atoms with Crippen LogP contribution in [0.25, 0.3) is 11.0 Å². The van der Waals surface area contributed by atoms with Crippen molar-refractivity contribution in [1.29, 1.82) is 0 Å². The number of carboxylic acids is 1. The minimum Gasteiger partial charge on any atom is -0.478 e. The number of aromatic nitrogens is 3. The minimum absolute atomic E-state index is 0.204. The summed E-state index contributed by atoms with van der Waals surface area (Å²) in [6.45, 7) is 4.36. The van der Waals surface area contributed by atoms with Crippen molar-refractivity contribution >= 4 is 28.6 Å². The normalized spacial score (nSPS) is 18.9. The molecule has 43 heavy (non-hydrogen) atoms. The number of hydrogen-bond acceptors (Lipinski definition) is 7. The molecule has 1 atom stereocenters. The van der Waals surface area contributed by atoms with Crippen LogP contribution in [0, 0.1) is 5.82 Å². The molecule has 9 nitrogen and oxygen atoms in total. The fourth-order valence-corrected chi connectivity index (χ4v) is 6.28. The zero-order valence-corrected chi connectivity index (χ0v) is 24.1. The molecular weight excluding hydrogens is 575 g/mol. The number of hydrogen-bond donors (Lipinski definition) is 1. The fourth-order valence-electron chi connectivity index (χ4n) is 6.12. The van der Waals surface area contributed by atoms with Crippen molar-refractivity contribution in [2.75, 3.05) is 13.1 Å². The molecule has 0 spiro atoms. The standard InChI is InChI=1S/C32H28ClFN4O5/c1-32(24-7-6-21(33)14-25(24)34)42-28-4-2-3-23(30(28)43-32)19-9-11-37(12-10-19)17-29-36-26-8-5-20(31(39)40)13-27(26)38(29)16-22-15-35-18-41-22/h2-8,13-15,18-19H,9-12,16-17H2,1H3,(H,39,40). The first kappa shape index (κ1) is 27.4. The zero-order chi connectivity index (χ0) is 29.7. The summed E-state index contributed by atoms with van der Waals surface area (Å²) in [5.41, 5.74) is 3.01. The number of fused-ring (bicyclic) bond motifs is 2. The second-order valence-electron chi connectivity index (χ2n) is 11.1. The van der Waals surface area contributed by atoms with Crippen LogP contribution in [0.4, 0.5) is 4.39 Å². The van der Waals surface area contributed by atoms with Crippen molar-refractivity contribution in [3.05, 3.63) is 106 Å². The molecule has 0 radical (unpaired) electrons. The van der Waals surface area contributed by atoms with Gasteiger partial charge in [-0.1, -0.05) is 23.7 Å². The number of ether oxygens (including phenoxy) is 2. The number of nitrogens with zero attached hydrogens (tertiary/aromatic N) is 4.